The number of ether oxygens (including phenoxy) is 1. The van der Waals surface area contributed by atoms with E-state index >= 15 is 0 Å². The van der Waals surface area contributed by atoms with Crippen LogP contribution in [0.4, 0.5) is 9.59 Å². The maximum Gasteiger partial charge on any atom is 0.410 e. The smallest absolute Gasteiger partial charge is 0.410 e. The van der Waals surface area contributed by atoms with E-state index in [2.05, 4.69) is 38.7 Å². The summed E-state index contributed by atoms with van der Waals surface area (Å²) in [7, 11) is 1.91. The molecule has 0 saturated carbocycles. The van der Waals surface area contributed by atoms with Crippen LogP contribution in [-0.4, -0.2) is 73.8 Å². The Kier molecular flexibility index (Phi) is 8.77. The molecule has 1 aliphatic carbocycles. The number of nitrogens with one attached hydrogen (secondary N) is 2. The summed E-state index contributed by atoms with van der Waals surface area (Å²) in [4.78, 5) is 39.6. The van der Waals surface area contributed by atoms with Crippen LogP contribution >= 0.6 is 11.6 Å². The topological polar surface area (TPSA) is 105 Å². The number of carbonyl (C=O) groups is 2. The number of piperazine rings is 1. The monoisotopic (exact) mass is 619 g/mol. The minimum atomic E-state index is -0.555. The number of benzene rings is 1. The lowest BCUT2D eigenvalue weighted by atomic mass is 9.90. The quantitative estimate of drug-likeness (QED) is 0.382. The molecular weight excluding hydrogens is 578 g/mol. The van der Waals surface area contributed by atoms with E-state index in [1.165, 1.54) is 0 Å². The van der Waals surface area contributed by atoms with Gasteiger partial charge in [0.15, 0.2) is 0 Å². The summed E-state index contributed by atoms with van der Waals surface area (Å²) in [6.07, 6.45) is 7.11. The molecule has 3 aromatic rings. The van der Waals surface area contributed by atoms with Crippen molar-refractivity contribution in [3.63, 3.8) is 0 Å². The number of hydrogen-bond donors (Lipinski definition) is 2. The number of amides is 3. The van der Waals surface area contributed by atoms with Gasteiger partial charge in [0.1, 0.15) is 5.60 Å². The summed E-state index contributed by atoms with van der Waals surface area (Å²) in [6.45, 7) is 13.8. The first-order valence-corrected chi connectivity index (χ1v) is 15.3. The number of rotatable bonds is 4. The molecule has 1 aromatic carbocycles. The molecule has 3 amide bonds. The van der Waals surface area contributed by atoms with Crippen molar-refractivity contribution in [2.24, 2.45) is 7.05 Å². The Morgan fingerprint density at radius 2 is 1.80 bits per heavy atom. The largest absolute Gasteiger partial charge is 0.444 e. The average molecular weight is 620 g/mol. The Bertz CT molecular complexity index is 1560. The van der Waals surface area contributed by atoms with Gasteiger partial charge in [-0.1, -0.05) is 23.7 Å². The van der Waals surface area contributed by atoms with Gasteiger partial charge in [0.25, 0.3) is 0 Å². The molecule has 2 atom stereocenters. The fraction of sp³-hybridized carbons (Fsp3) is 0.455. The second kappa shape index (κ2) is 12.2. The van der Waals surface area contributed by atoms with Crippen molar-refractivity contribution in [3.05, 3.63) is 82.2 Å². The maximum atomic E-state index is 13.3. The number of imidazole rings is 1. The second-order valence-corrected chi connectivity index (χ2v) is 13.9. The molecule has 0 bridgehead atoms. The van der Waals surface area contributed by atoms with Gasteiger partial charge in [0, 0.05) is 50.0 Å². The molecule has 10 nitrogen and oxygen atoms in total. The van der Waals surface area contributed by atoms with Crippen LogP contribution in [0.25, 0.3) is 11.6 Å². The molecule has 234 valence electrons. The maximum absolute atomic E-state index is 13.3. The Morgan fingerprint density at radius 1 is 1.07 bits per heavy atom. The first kappa shape index (κ1) is 31.5. The number of fused-ring (bicyclic) bond motifs is 2. The highest BCUT2D eigenvalue weighted by atomic mass is 35.5. The Labute approximate surface area is 264 Å². The predicted octanol–water partition coefficient (Wildman–Crippen LogP) is 5.80. The molecular formula is C33H42ClN7O3. The minimum absolute atomic E-state index is 0.205. The normalized spacial score (nSPS) is 18.0. The van der Waals surface area contributed by atoms with E-state index in [1.54, 1.807) is 17.4 Å². The highest BCUT2D eigenvalue weighted by molar-refractivity contribution is 6.30. The molecule has 2 N–H and O–H groups in total. The van der Waals surface area contributed by atoms with Crippen LogP contribution in [0.15, 0.2) is 49.1 Å². The van der Waals surface area contributed by atoms with Crippen molar-refractivity contribution in [1.82, 2.24) is 35.0 Å². The fourth-order valence-corrected chi connectivity index (χ4v) is 5.92. The number of carbonyl (C=O) groups excluding carboxylic acids is 2. The Morgan fingerprint density at radius 3 is 2.43 bits per heavy atom. The molecule has 44 heavy (non-hydrogen) atoms. The number of aromatic nitrogens is 3. The van der Waals surface area contributed by atoms with E-state index in [4.69, 9.17) is 21.3 Å². The SMILES string of the molecule is Cn1cncc1[C@@H](NC(=O)NC(C)(C)C)C1=Cc2cccnc2[C@@H](N2CCN(C(=O)OC(C)(C)C)CC2)c2ccc(Cl)cc21. The molecule has 1 saturated heterocycles. The summed E-state index contributed by atoms with van der Waals surface area (Å²) in [5, 5.41) is 6.84. The molecule has 2 aliphatic rings. The number of aryl methyl sites for hydroxylation is 1. The molecule has 1 aliphatic heterocycles. The van der Waals surface area contributed by atoms with Crippen LogP contribution < -0.4 is 10.6 Å². The van der Waals surface area contributed by atoms with Crippen LogP contribution in [0.1, 0.15) is 81.7 Å². The molecule has 0 unspecified atom stereocenters. The molecule has 0 spiro atoms. The lowest BCUT2D eigenvalue weighted by Crippen LogP contribution is -2.51. The zero-order chi connectivity index (χ0) is 31.8. The van der Waals surface area contributed by atoms with Crippen LogP contribution in [0, 0.1) is 0 Å². The third-order valence-corrected chi connectivity index (χ3v) is 7.85. The van der Waals surface area contributed by atoms with Crippen molar-refractivity contribution in [2.75, 3.05) is 26.2 Å². The first-order valence-electron chi connectivity index (χ1n) is 14.9. The summed E-state index contributed by atoms with van der Waals surface area (Å²) >= 11 is 6.67. The molecule has 11 heteroatoms. The van der Waals surface area contributed by atoms with Gasteiger partial charge < -0.3 is 24.8 Å². The van der Waals surface area contributed by atoms with Crippen LogP contribution in [-0.2, 0) is 11.8 Å². The zero-order valence-electron chi connectivity index (χ0n) is 26.5. The zero-order valence-corrected chi connectivity index (χ0v) is 27.3. The molecule has 5 rings (SSSR count). The summed E-state index contributed by atoms with van der Waals surface area (Å²) in [6, 6.07) is 8.84. The second-order valence-electron chi connectivity index (χ2n) is 13.4. The van der Waals surface area contributed by atoms with Crippen molar-refractivity contribution in [2.45, 2.75) is 64.8 Å². The Hall–Kier alpha value is -3.89. The van der Waals surface area contributed by atoms with Crippen molar-refractivity contribution in [1.29, 1.82) is 0 Å². The lowest BCUT2D eigenvalue weighted by molar-refractivity contribution is 0.0118. The molecule has 0 radical (unpaired) electrons. The third kappa shape index (κ3) is 7.08. The van der Waals surface area contributed by atoms with Gasteiger partial charge in [-0.15, -0.1) is 0 Å². The van der Waals surface area contributed by atoms with Gasteiger partial charge >= 0.3 is 12.1 Å². The van der Waals surface area contributed by atoms with E-state index in [1.807, 2.05) is 77.6 Å². The molecule has 2 aromatic heterocycles. The third-order valence-electron chi connectivity index (χ3n) is 7.62. The van der Waals surface area contributed by atoms with E-state index in [-0.39, 0.29) is 18.2 Å². The predicted molar refractivity (Wildman–Crippen MR) is 172 cm³/mol. The van der Waals surface area contributed by atoms with Gasteiger partial charge in [-0.25, -0.2) is 14.6 Å². The van der Waals surface area contributed by atoms with Gasteiger partial charge in [0.05, 0.1) is 36.0 Å². The van der Waals surface area contributed by atoms with E-state index in [0.717, 1.165) is 33.7 Å². The molecule has 3 heterocycles. The highest BCUT2D eigenvalue weighted by Crippen LogP contribution is 2.44. The highest BCUT2D eigenvalue weighted by Gasteiger charge is 2.37. The average Bonchev–Trinajstić information content (AvgIpc) is 3.30. The van der Waals surface area contributed by atoms with E-state index in [9.17, 15) is 9.59 Å². The first-order chi connectivity index (χ1) is 20.7. The van der Waals surface area contributed by atoms with Crippen molar-refractivity contribution >= 4 is 35.4 Å². The summed E-state index contributed by atoms with van der Waals surface area (Å²) < 4.78 is 7.55. The molecule has 1 fully saturated rings. The Balaban J connectivity index is 1.58. The van der Waals surface area contributed by atoms with E-state index in [0.29, 0.717) is 31.2 Å². The minimum Gasteiger partial charge on any atom is -0.444 e. The van der Waals surface area contributed by atoms with E-state index < -0.39 is 17.2 Å². The summed E-state index contributed by atoms with van der Waals surface area (Å²) in [5.41, 5.74) is 4.50. The van der Waals surface area contributed by atoms with Gasteiger partial charge in [-0.05, 0) is 88.1 Å². The van der Waals surface area contributed by atoms with Crippen LogP contribution in [0.5, 0.6) is 0 Å². The standard InChI is InChI=1S/C33H42ClN7O3/c1-32(2,3)38-30(42)37-28(26-19-35-20-39(26)7)25-17-21-9-8-12-36-27(21)29(23-11-10-22(34)18-24(23)25)40-13-15-41(16-14-40)31(43)44-33(4,5)6/h8-12,17-20,28-29H,13-16H2,1-7H3,(H2,37,38,42)/t28-,29-/m0/s1. The van der Waals surface area contributed by atoms with Gasteiger partial charge in [-0.3, -0.25) is 9.88 Å². The number of pyridine rings is 1. The van der Waals surface area contributed by atoms with Crippen LogP contribution in [0.3, 0.4) is 0 Å². The number of urea groups is 1. The lowest BCUT2D eigenvalue weighted by Gasteiger charge is -2.40. The van der Waals surface area contributed by atoms with Crippen LogP contribution in [0.2, 0.25) is 5.02 Å². The van der Waals surface area contributed by atoms with Crippen molar-refractivity contribution < 1.29 is 14.3 Å². The summed E-state index contributed by atoms with van der Waals surface area (Å²) in [5.74, 6) is 0. The van der Waals surface area contributed by atoms with Gasteiger partial charge in [-0.2, -0.15) is 0 Å². The van der Waals surface area contributed by atoms with Gasteiger partial charge in [0.2, 0.25) is 0 Å². The number of nitrogens with zero attached hydrogens (tertiary/aromatic N) is 5. The fourth-order valence-electron chi connectivity index (χ4n) is 5.75. The number of halogens is 1. The number of hydrogen-bond acceptors (Lipinski definition) is 6. The van der Waals surface area contributed by atoms with Crippen molar-refractivity contribution in [3.8, 4) is 0 Å².